The number of carbonyl (C=O) groups excluding carboxylic acids is 1. The molecule has 0 bridgehead atoms. The monoisotopic (exact) mass is 328 g/mol. The Morgan fingerprint density at radius 2 is 2.00 bits per heavy atom. The Morgan fingerprint density at radius 1 is 1.21 bits per heavy atom. The highest BCUT2D eigenvalue weighted by atomic mass is 16.4. The third-order valence-corrected chi connectivity index (χ3v) is 3.82. The first-order valence-corrected chi connectivity index (χ1v) is 7.73. The van der Waals surface area contributed by atoms with Gasteiger partial charge < -0.3 is 19.1 Å². The average molecular weight is 328 g/mol. The summed E-state index contributed by atoms with van der Waals surface area (Å²) < 4.78 is 11.4. The second-order valence-electron chi connectivity index (χ2n) is 5.98. The molecule has 126 valence electrons. The lowest BCUT2D eigenvalue weighted by molar-refractivity contribution is 0.0917. The molecule has 0 aliphatic carbocycles. The van der Waals surface area contributed by atoms with Gasteiger partial charge in [-0.2, -0.15) is 0 Å². The fourth-order valence-corrected chi connectivity index (χ4v) is 2.46. The fraction of sp³-hybridized carbons (Fsp3) is 0.353. The number of para-hydroxylation sites is 1. The van der Waals surface area contributed by atoms with Crippen molar-refractivity contribution in [1.29, 1.82) is 0 Å². The summed E-state index contributed by atoms with van der Waals surface area (Å²) in [5.74, 6) is 0.251. The quantitative estimate of drug-likeness (QED) is 0.774. The van der Waals surface area contributed by atoms with Crippen molar-refractivity contribution >= 4 is 16.9 Å². The van der Waals surface area contributed by atoms with E-state index in [9.17, 15) is 4.79 Å². The Hall–Kier alpha value is -2.67. The van der Waals surface area contributed by atoms with Crippen LogP contribution < -0.4 is 5.32 Å². The normalized spacial score (nSPS) is 11.4. The molecule has 0 fully saturated rings. The number of hydrogen-bond acceptors (Lipinski definition) is 6. The maximum Gasteiger partial charge on any atom is 0.308 e. The highest BCUT2D eigenvalue weighted by Crippen LogP contribution is 2.33. The van der Waals surface area contributed by atoms with Gasteiger partial charge in [0.15, 0.2) is 5.76 Å². The van der Waals surface area contributed by atoms with Crippen LogP contribution in [0.25, 0.3) is 22.6 Å². The van der Waals surface area contributed by atoms with E-state index >= 15 is 0 Å². The number of amides is 1. The number of nitrogens with zero attached hydrogens (tertiary/aromatic N) is 3. The summed E-state index contributed by atoms with van der Waals surface area (Å²) in [5.41, 5.74) is 2.74. The van der Waals surface area contributed by atoms with E-state index in [0.717, 1.165) is 28.6 Å². The average Bonchev–Trinajstić information content (AvgIpc) is 3.13. The van der Waals surface area contributed by atoms with Gasteiger partial charge >= 0.3 is 11.8 Å². The molecule has 0 radical (unpaired) electrons. The molecule has 1 amide bonds. The van der Waals surface area contributed by atoms with E-state index in [1.165, 1.54) is 0 Å². The molecule has 0 saturated carbocycles. The number of furan rings is 1. The first-order valence-electron chi connectivity index (χ1n) is 7.73. The first kappa shape index (κ1) is 16.2. The topological polar surface area (TPSA) is 84.4 Å². The minimum absolute atomic E-state index is 0.0691. The van der Waals surface area contributed by atoms with Gasteiger partial charge in [-0.1, -0.05) is 18.2 Å². The largest absolute Gasteiger partial charge is 0.450 e. The molecule has 0 atom stereocenters. The van der Waals surface area contributed by atoms with E-state index in [0.29, 0.717) is 12.3 Å². The van der Waals surface area contributed by atoms with Crippen molar-refractivity contribution in [3.8, 4) is 11.7 Å². The fourth-order valence-electron chi connectivity index (χ4n) is 2.46. The highest BCUT2D eigenvalue weighted by Gasteiger charge is 2.21. The lowest BCUT2D eigenvalue weighted by Gasteiger charge is -2.08. The Kier molecular flexibility index (Phi) is 4.35. The number of nitrogens with one attached hydrogen (secondary N) is 1. The molecule has 7 heteroatoms. The lowest BCUT2D eigenvalue weighted by Crippen LogP contribution is -2.31. The summed E-state index contributed by atoms with van der Waals surface area (Å²) in [4.78, 5) is 14.0. The van der Waals surface area contributed by atoms with Gasteiger partial charge in [0.25, 0.3) is 5.89 Å². The summed E-state index contributed by atoms with van der Waals surface area (Å²) in [7, 11) is 3.87. The second-order valence-corrected chi connectivity index (χ2v) is 5.98. The standard InChI is InChI=1S/C17H20N4O3/c1-10-6-5-7-12-11(2)14(23-13(10)12)16-19-20-17(24-16)15(22)18-8-9-21(3)4/h5-7H,8-9H2,1-4H3,(H,18,22). The SMILES string of the molecule is Cc1c(-c2nnc(C(=O)NCCN(C)C)o2)oc2c(C)cccc12. The van der Waals surface area contributed by atoms with Gasteiger partial charge in [0.2, 0.25) is 0 Å². The van der Waals surface area contributed by atoms with Crippen LogP contribution in [0.4, 0.5) is 0 Å². The van der Waals surface area contributed by atoms with Crippen LogP contribution in [0.1, 0.15) is 21.8 Å². The number of likely N-dealkylation sites (N-methyl/N-ethyl adjacent to an activating group) is 1. The summed E-state index contributed by atoms with van der Waals surface area (Å²) in [5, 5.41) is 11.5. The number of aryl methyl sites for hydroxylation is 2. The molecule has 0 saturated heterocycles. The van der Waals surface area contributed by atoms with Gasteiger partial charge in [-0.05, 0) is 33.5 Å². The van der Waals surface area contributed by atoms with E-state index in [4.69, 9.17) is 8.83 Å². The number of benzene rings is 1. The van der Waals surface area contributed by atoms with E-state index in [-0.39, 0.29) is 17.7 Å². The van der Waals surface area contributed by atoms with Crippen LogP contribution in [-0.2, 0) is 0 Å². The van der Waals surface area contributed by atoms with Crippen molar-refractivity contribution in [1.82, 2.24) is 20.4 Å². The van der Waals surface area contributed by atoms with E-state index in [2.05, 4.69) is 15.5 Å². The summed E-state index contributed by atoms with van der Waals surface area (Å²) in [6.45, 7) is 5.15. The van der Waals surface area contributed by atoms with Crippen LogP contribution >= 0.6 is 0 Å². The van der Waals surface area contributed by atoms with Crippen LogP contribution in [0.5, 0.6) is 0 Å². The molecule has 2 aromatic heterocycles. The zero-order valence-corrected chi connectivity index (χ0v) is 14.2. The molecule has 24 heavy (non-hydrogen) atoms. The van der Waals surface area contributed by atoms with Crippen molar-refractivity contribution in [2.24, 2.45) is 0 Å². The molecular formula is C17H20N4O3. The van der Waals surface area contributed by atoms with Crippen LogP contribution in [0.3, 0.4) is 0 Å². The molecular weight excluding hydrogens is 308 g/mol. The Morgan fingerprint density at radius 3 is 2.71 bits per heavy atom. The zero-order chi connectivity index (χ0) is 17.3. The van der Waals surface area contributed by atoms with Gasteiger partial charge in [-0.15, -0.1) is 10.2 Å². The maximum atomic E-state index is 12.0. The molecule has 2 heterocycles. The molecule has 0 aliphatic heterocycles. The molecule has 1 N–H and O–H groups in total. The Labute approximate surface area is 139 Å². The van der Waals surface area contributed by atoms with E-state index in [1.807, 2.05) is 51.0 Å². The van der Waals surface area contributed by atoms with Crippen molar-refractivity contribution < 1.29 is 13.6 Å². The summed E-state index contributed by atoms with van der Waals surface area (Å²) in [6.07, 6.45) is 0. The third-order valence-electron chi connectivity index (χ3n) is 3.82. The van der Waals surface area contributed by atoms with E-state index < -0.39 is 0 Å². The minimum atomic E-state index is -0.388. The van der Waals surface area contributed by atoms with Gasteiger partial charge in [0.05, 0.1) is 0 Å². The van der Waals surface area contributed by atoms with Crippen molar-refractivity contribution in [2.45, 2.75) is 13.8 Å². The smallest absolute Gasteiger partial charge is 0.308 e. The van der Waals surface area contributed by atoms with Crippen LogP contribution in [0.2, 0.25) is 0 Å². The van der Waals surface area contributed by atoms with E-state index in [1.54, 1.807) is 0 Å². The second kappa shape index (κ2) is 6.45. The van der Waals surface area contributed by atoms with Gasteiger partial charge in [0, 0.05) is 24.0 Å². The minimum Gasteiger partial charge on any atom is -0.450 e. The molecule has 7 nitrogen and oxygen atoms in total. The number of aromatic nitrogens is 2. The van der Waals surface area contributed by atoms with Gasteiger partial charge in [-0.3, -0.25) is 4.79 Å². The molecule has 3 aromatic rings. The molecule has 0 unspecified atom stereocenters. The number of carbonyl (C=O) groups is 1. The predicted octanol–water partition coefficient (Wildman–Crippen LogP) is 2.39. The molecule has 0 spiro atoms. The van der Waals surface area contributed by atoms with Crippen molar-refractivity contribution in [3.63, 3.8) is 0 Å². The molecule has 1 aromatic carbocycles. The van der Waals surface area contributed by atoms with Gasteiger partial charge in [0.1, 0.15) is 5.58 Å². The van der Waals surface area contributed by atoms with Crippen LogP contribution in [0.15, 0.2) is 27.0 Å². The molecule has 0 aliphatic rings. The van der Waals surface area contributed by atoms with Crippen molar-refractivity contribution in [3.05, 3.63) is 35.2 Å². The third kappa shape index (κ3) is 3.03. The Bertz CT molecular complexity index is 879. The molecule has 3 rings (SSSR count). The number of hydrogen-bond donors (Lipinski definition) is 1. The predicted molar refractivity (Wildman–Crippen MR) is 89.9 cm³/mol. The Balaban J connectivity index is 1.84. The lowest BCUT2D eigenvalue weighted by atomic mass is 10.1. The highest BCUT2D eigenvalue weighted by molar-refractivity contribution is 5.90. The van der Waals surface area contributed by atoms with Crippen LogP contribution in [0, 0.1) is 13.8 Å². The summed E-state index contributed by atoms with van der Waals surface area (Å²) >= 11 is 0. The zero-order valence-electron chi connectivity index (χ0n) is 14.2. The summed E-state index contributed by atoms with van der Waals surface area (Å²) in [6, 6.07) is 5.93. The maximum absolute atomic E-state index is 12.0. The first-order chi connectivity index (χ1) is 11.5. The van der Waals surface area contributed by atoms with Crippen LogP contribution in [-0.4, -0.2) is 48.2 Å². The van der Waals surface area contributed by atoms with Crippen molar-refractivity contribution in [2.75, 3.05) is 27.2 Å². The number of rotatable bonds is 5. The van der Waals surface area contributed by atoms with Gasteiger partial charge in [-0.25, -0.2) is 0 Å². The number of fused-ring (bicyclic) bond motifs is 1.